The first kappa shape index (κ1) is 15.6. The molecule has 0 aliphatic carbocycles. The van der Waals surface area contributed by atoms with Gasteiger partial charge >= 0.3 is 5.63 Å². The highest BCUT2D eigenvalue weighted by Crippen LogP contribution is 2.26. The van der Waals surface area contributed by atoms with Gasteiger partial charge in [-0.2, -0.15) is 0 Å². The van der Waals surface area contributed by atoms with Crippen molar-refractivity contribution < 1.29 is 9.52 Å². The fourth-order valence-corrected chi connectivity index (χ4v) is 2.56. The summed E-state index contributed by atoms with van der Waals surface area (Å²) in [7, 11) is 0. The van der Waals surface area contributed by atoms with Crippen LogP contribution in [0.4, 0.5) is 0 Å². The van der Waals surface area contributed by atoms with Crippen molar-refractivity contribution in [1.29, 1.82) is 0 Å². The maximum absolute atomic E-state index is 11.7. The molecule has 114 valence electrons. The predicted octanol–water partition coefficient (Wildman–Crippen LogP) is 3.34. The van der Waals surface area contributed by atoms with Gasteiger partial charge in [0.25, 0.3) is 0 Å². The second-order valence-corrected chi connectivity index (χ2v) is 5.49. The average Bonchev–Trinajstić information content (AvgIpc) is 2.44. The monoisotopic (exact) mass is 289 g/mol. The second kappa shape index (κ2) is 6.76. The van der Waals surface area contributed by atoms with E-state index in [4.69, 9.17) is 4.42 Å². The molecule has 1 heterocycles. The van der Waals surface area contributed by atoms with Crippen molar-refractivity contribution in [3.05, 3.63) is 39.7 Å². The largest absolute Gasteiger partial charge is 0.508 e. The number of rotatable bonds is 6. The Labute approximate surface area is 124 Å². The Hall–Kier alpha value is -1.81. The summed E-state index contributed by atoms with van der Waals surface area (Å²) in [5, 5.41) is 14.2. The molecule has 0 aliphatic rings. The van der Waals surface area contributed by atoms with Gasteiger partial charge in [0.1, 0.15) is 11.3 Å². The van der Waals surface area contributed by atoms with E-state index < -0.39 is 0 Å². The van der Waals surface area contributed by atoms with Gasteiger partial charge in [-0.3, -0.25) is 0 Å². The van der Waals surface area contributed by atoms with Crippen LogP contribution in [0.3, 0.4) is 0 Å². The van der Waals surface area contributed by atoms with E-state index in [1.54, 1.807) is 0 Å². The summed E-state index contributed by atoms with van der Waals surface area (Å²) >= 11 is 0. The van der Waals surface area contributed by atoms with Crippen LogP contribution >= 0.6 is 0 Å². The molecule has 0 aliphatic heterocycles. The molecule has 0 saturated carbocycles. The van der Waals surface area contributed by atoms with E-state index in [-0.39, 0.29) is 11.4 Å². The molecule has 1 aromatic carbocycles. The van der Waals surface area contributed by atoms with Gasteiger partial charge in [0.2, 0.25) is 0 Å². The van der Waals surface area contributed by atoms with Gasteiger partial charge in [-0.1, -0.05) is 20.3 Å². The number of hydrogen-bond acceptors (Lipinski definition) is 4. The van der Waals surface area contributed by atoms with Crippen molar-refractivity contribution in [2.75, 3.05) is 0 Å². The van der Waals surface area contributed by atoms with Crippen molar-refractivity contribution in [2.45, 2.75) is 52.6 Å². The molecule has 4 heteroatoms. The molecule has 0 saturated heterocycles. The zero-order valence-corrected chi connectivity index (χ0v) is 12.9. The van der Waals surface area contributed by atoms with Gasteiger partial charge in [-0.25, -0.2) is 4.79 Å². The third kappa shape index (κ3) is 3.64. The van der Waals surface area contributed by atoms with Crippen LogP contribution < -0.4 is 10.9 Å². The van der Waals surface area contributed by atoms with Gasteiger partial charge in [-0.15, -0.1) is 0 Å². The van der Waals surface area contributed by atoms with Gasteiger partial charge in [-0.05, 0) is 37.0 Å². The van der Waals surface area contributed by atoms with Crippen molar-refractivity contribution in [1.82, 2.24) is 5.32 Å². The molecule has 0 spiro atoms. The lowest BCUT2D eigenvalue weighted by Gasteiger charge is -2.14. The van der Waals surface area contributed by atoms with E-state index in [1.165, 1.54) is 12.1 Å². The maximum Gasteiger partial charge on any atom is 0.336 e. The summed E-state index contributed by atoms with van der Waals surface area (Å²) in [6, 6.07) is 5.38. The molecule has 0 radical (unpaired) electrons. The van der Waals surface area contributed by atoms with Crippen LogP contribution in [0, 0.1) is 0 Å². The summed E-state index contributed by atoms with van der Waals surface area (Å²) in [5.74, 6) is 0.178. The first-order valence-corrected chi connectivity index (χ1v) is 7.57. The van der Waals surface area contributed by atoms with Crippen LogP contribution in [-0.2, 0) is 13.0 Å². The molecule has 2 aromatic rings. The Morgan fingerprint density at radius 3 is 2.67 bits per heavy atom. The topological polar surface area (TPSA) is 62.5 Å². The van der Waals surface area contributed by atoms with E-state index in [1.807, 2.05) is 13.0 Å². The minimum Gasteiger partial charge on any atom is -0.508 e. The third-order valence-corrected chi connectivity index (χ3v) is 3.77. The summed E-state index contributed by atoms with van der Waals surface area (Å²) in [5.41, 5.74) is 1.83. The lowest BCUT2D eigenvalue weighted by atomic mass is 10.0. The summed E-state index contributed by atoms with van der Waals surface area (Å²) in [6.07, 6.45) is 2.96. The van der Waals surface area contributed by atoms with Gasteiger partial charge < -0.3 is 14.8 Å². The standard InChI is InChI=1S/C17H23NO3/c1-4-6-11(3)18-10-13-8-17(20)21-16-9-15(19)12(5-2)7-14(13)16/h7-9,11,18-19H,4-6,10H2,1-3H3/t11-/m1/s1. The highest BCUT2D eigenvalue weighted by molar-refractivity contribution is 5.82. The number of fused-ring (bicyclic) bond motifs is 1. The second-order valence-electron chi connectivity index (χ2n) is 5.49. The van der Waals surface area contributed by atoms with E-state index in [0.717, 1.165) is 35.8 Å². The first-order valence-electron chi connectivity index (χ1n) is 7.57. The number of phenolic OH excluding ortho intramolecular Hbond substituents is 1. The van der Waals surface area contributed by atoms with Gasteiger partial charge in [0, 0.05) is 30.1 Å². The van der Waals surface area contributed by atoms with Crippen molar-refractivity contribution in [3.8, 4) is 5.75 Å². The number of aromatic hydroxyl groups is 1. The molecule has 1 atom stereocenters. The molecule has 4 nitrogen and oxygen atoms in total. The molecule has 0 amide bonds. The molecule has 1 aromatic heterocycles. The zero-order chi connectivity index (χ0) is 15.4. The zero-order valence-electron chi connectivity index (χ0n) is 12.9. The smallest absolute Gasteiger partial charge is 0.336 e. The molecular weight excluding hydrogens is 266 g/mol. The Morgan fingerprint density at radius 2 is 2.00 bits per heavy atom. The number of aryl methyl sites for hydroxylation is 1. The van der Waals surface area contributed by atoms with Crippen molar-refractivity contribution >= 4 is 11.0 Å². The molecule has 0 fully saturated rings. The van der Waals surface area contributed by atoms with Crippen LogP contribution in [0.1, 0.15) is 44.7 Å². The quantitative estimate of drug-likeness (QED) is 0.801. The van der Waals surface area contributed by atoms with E-state index >= 15 is 0 Å². The van der Waals surface area contributed by atoms with E-state index in [2.05, 4.69) is 19.2 Å². The Kier molecular flexibility index (Phi) is 5.02. The maximum atomic E-state index is 11.7. The van der Waals surface area contributed by atoms with Crippen molar-refractivity contribution in [2.24, 2.45) is 0 Å². The number of benzene rings is 1. The number of phenols is 1. The van der Waals surface area contributed by atoms with Gasteiger partial charge in [0.05, 0.1) is 0 Å². The van der Waals surface area contributed by atoms with E-state index in [0.29, 0.717) is 18.2 Å². The Balaban J connectivity index is 2.39. The SMILES string of the molecule is CCC[C@@H](C)NCc1cc(=O)oc2cc(O)c(CC)cc12. The summed E-state index contributed by atoms with van der Waals surface area (Å²) in [6.45, 7) is 6.90. The molecule has 0 unspecified atom stereocenters. The minimum atomic E-state index is -0.383. The Bertz CT molecular complexity index is 676. The molecule has 2 N–H and O–H groups in total. The number of hydrogen-bond donors (Lipinski definition) is 2. The highest BCUT2D eigenvalue weighted by atomic mass is 16.4. The van der Waals surface area contributed by atoms with Crippen LogP contribution in [0.25, 0.3) is 11.0 Å². The van der Waals surface area contributed by atoms with Crippen LogP contribution in [0.15, 0.2) is 27.4 Å². The fraction of sp³-hybridized carbons (Fsp3) is 0.471. The molecule has 21 heavy (non-hydrogen) atoms. The Morgan fingerprint density at radius 1 is 1.24 bits per heavy atom. The average molecular weight is 289 g/mol. The van der Waals surface area contributed by atoms with Crippen molar-refractivity contribution in [3.63, 3.8) is 0 Å². The molecular formula is C17H23NO3. The summed E-state index contributed by atoms with van der Waals surface area (Å²) < 4.78 is 5.19. The normalized spacial score (nSPS) is 12.7. The fourth-order valence-electron chi connectivity index (χ4n) is 2.56. The lowest BCUT2D eigenvalue weighted by molar-refractivity contribution is 0.466. The minimum absolute atomic E-state index is 0.178. The predicted molar refractivity (Wildman–Crippen MR) is 84.7 cm³/mol. The van der Waals surface area contributed by atoms with Crippen LogP contribution in [0.2, 0.25) is 0 Å². The highest BCUT2D eigenvalue weighted by Gasteiger charge is 2.10. The summed E-state index contributed by atoms with van der Waals surface area (Å²) in [4.78, 5) is 11.7. The van der Waals surface area contributed by atoms with Crippen LogP contribution in [-0.4, -0.2) is 11.1 Å². The third-order valence-electron chi connectivity index (χ3n) is 3.77. The number of nitrogens with one attached hydrogen (secondary N) is 1. The van der Waals surface area contributed by atoms with Gasteiger partial charge in [0.15, 0.2) is 0 Å². The van der Waals surface area contributed by atoms with E-state index in [9.17, 15) is 9.90 Å². The lowest BCUT2D eigenvalue weighted by Crippen LogP contribution is -2.25. The van der Waals surface area contributed by atoms with Crippen LogP contribution in [0.5, 0.6) is 5.75 Å². The molecule has 0 bridgehead atoms. The first-order chi connectivity index (χ1) is 10.0. The molecule has 2 rings (SSSR count).